The molecule has 4 rings (SSSR count). The molecule has 3 heterocycles. The van der Waals surface area contributed by atoms with E-state index in [9.17, 15) is 9.59 Å². The summed E-state index contributed by atoms with van der Waals surface area (Å²) in [5.74, 6) is -0.290. The molecule has 10 heteroatoms. The number of amides is 1. The van der Waals surface area contributed by atoms with E-state index in [1.165, 1.54) is 18.1 Å². The number of hydrogen-bond donors (Lipinski definition) is 0. The van der Waals surface area contributed by atoms with Crippen LogP contribution in [0.15, 0.2) is 53.4 Å². The number of para-hydroxylation sites is 1. The highest BCUT2D eigenvalue weighted by Crippen LogP contribution is 2.26. The first kappa shape index (κ1) is 21.9. The minimum absolute atomic E-state index is 0.0458. The minimum atomic E-state index is -0.484. The fraction of sp³-hybridized carbons (Fsp3) is 0.318. The quantitative estimate of drug-likeness (QED) is 0.496. The second-order valence-corrected chi connectivity index (χ2v) is 8.31. The first-order chi connectivity index (χ1) is 15.5. The second kappa shape index (κ2) is 9.47. The molecule has 3 aromatic rings. The summed E-state index contributed by atoms with van der Waals surface area (Å²) in [4.78, 5) is 32.9. The summed E-state index contributed by atoms with van der Waals surface area (Å²) in [6, 6.07) is 8.85. The Kier molecular flexibility index (Phi) is 6.50. The standard InChI is InChI=1S/C22H22BrN5O4/c1-14-7-8-15(32-20-11-17(22(30)31-2)18(23)12-24-20)13-27(14)21(29)16-5-3-4-6-19(16)28-25-9-10-26-28/h3-6,9-12,14-15H,7-8,13H2,1-2H3. The number of aromatic nitrogens is 4. The third kappa shape index (κ3) is 4.50. The fourth-order valence-corrected chi connectivity index (χ4v) is 4.08. The number of nitrogens with zero attached hydrogens (tertiary/aromatic N) is 5. The van der Waals surface area contributed by atoms with Gasteiger partial charge >= 0.3 is 5.97 Å². The van der Waals surface area contributed by atoms with Gasteiger partial charge in [-0.05, 0) is 47.8 Å². The van der Waals surface area contributed by atoms with Gasteiger partial charge in [-0.3, -0.25) is 4.79 Å². The molecule has 1 amide bonds. The summed E-state index contributed by atoms with van der Waals surface area (Å²) in [7, 11) is 1.32. The molecule has 1 aliphatic heterocycles. The highest BCUT2D eigenvalue weighted by Gasteiger charge is 2.32. The van der Waals surface area contributed by atoms with Crippen LogP contribution in [0.4, 0.5) is 0 Å². The van der Waals surface area contributed by atoms with Crippen molar-refractivity contribution in [2.24, 2.45) is 0 Å². The van der Waals surface area contributed by atoms with E-state index in [2.05, 4.69) is 31.1 Å². The predicted molar refractivity (Wildman–Crippen MR) is 119 cm³/mol. The number of piperidine rings is 1. The number of hydrogen-bond acceptors (Lipinski definition) is 7. The first-order valence-corrected chi connectivity index (χ1v) is 10.9. The van der Waals surface area contributed by atoms with Crippen LogP contribution in [0.2, 0.25) is 0 Å². The average molecular weight is 500 g/mol. The number of ether oxygens (including phenoxy) is 2. The highest BCUT2D eigenvalue weighted by atomic mass is 79.9. The number of carbonyl (C=O) groups excluding carboxylic acids is 2. The zero-order valence-corrected chi connectivity index (χ0v) is 19.2. The second-order valence-electron chi connectivity index (χ2n) is 7.45. The van der Waals surface area contributed by atoms with Crippen LogP contribution in [-0.4, -0.2) is 62.6 Å². The summed E-state index contributed by atoms with van der Waals surface area (Å²) >= 11 is 3.30. The Labute approximate surface area is 193 Å². The molecule has 0 aliphatic carbocycles. The number of benzene rings is 1. The topological polar surface area (TPSA) is 99.4 Å². The Hall–Kier alpha value is -3.27. The summed E-state index contributed by atoms with van der Waals surface area (Å²) in [6.07, 6.45) is 5.93. The lowest BCUT2D eigenvalue weighted by Gasteiger charge is -2.38. The Morgan fingerprint density at radius 3 is 2.62 bits per heavy atom. The van der Waals surface area contributed by atoms with Crippen molar-refractivity contribution in [2.45, 2.75) is 31.9 Å². The van der Waals surface area contributed by atoms with Crippen LogP contribution in [0.25, 0.3) is 5.69 Å². The zero-order chi connectivity index (χ0) is 22.7. The van der Waals surface area contributed by atoms with Gasteiger partial charge in [0.2, 0.25) is 5.88 Å². The number of rotatable bonds is 5. The monoisotopic (exact) mass is 499 g/mol. The number of likely N-dealkylation sites (tertiary alicyclic amines) is 1. The SMILES string of the molecule is COC(=O)c1cc(OC2CCC(C)N(C(=O)c3ccccc3-n3nccn3)C2)ncc1Br. The first-order valence-electron chi connectivity index (χ1n) is 10.1. The molecular formula is C22H22BrN5O4. The number of esters is 1. The third-order valence-electron chi connectivity index (χ3n) is 5.39. The van der Waals surface area contributed by atoms with E-state index in [0.717, 1.165) is 12.8 Å². The van der Waals surface area contributed by atoms with Crippen molar-refractivity contribution in [1.82, 2.24) is 24.9 Å². The molecule has 1 saturated heterocycles. The molecule has 1 fully saturated rings. The predicted octanol–water partition coefficient (Wildman–Crippen LogP) is 3.28. The normalized spacial score (nSPS) is 18.3. The lowest BCUT2D eigenvalue weighted by Crippen LogP contribution is -2.49. The Bertz CT molecular complexity index is 1120. The smallest absolute Gasteiger partial charge is 0.339 e. The molecule has 2 aromatic heterocycles. The molecule has 2 atom stereocenters. The largest absolute Gasteiger partial charge is 0.472 e. The van der Waals surface area contributed by atoms with Crippen LogP contribution >= 0.6 is 15.9 Å². The van der Waals surface area contributed by atoms with Crippen LogP contribution in [0.3, 0.4) is 0 Å². The van der Waals surface area contributed by atoms with Gasteiger partial charge in [0.1, 0.15) is 6.10 Å². The van der Waals surface area contributed by atoms with E-state index in [4.69, 9.17) is 9.47 Å². The van der Waals surface area contributed by atoms with Crippen molar-refractivity contribution < 1.29 is 19.1 Å². The lowest BCUT2D eigenvalue weighted by atomic mass is 9.99. The van der Waals surface area contributed by atoms with Crippen molar-refractivity contribution in [2.75, 3.05) is 13.7 Å². The summed E-state index contributed by atoms with van der Waals surface area (Å²) in [5, 5.41) is 8.32. The van der Waals surface area contributed by atoms with Crippen molar-refractivity contribution >= 4 is 27.8 Å². The molecule has 0 saturated carbocycles. The molecular weight excluding hydrogens is 478 g/mol. The van der Waals surface area contributed by atoms with Crippen molar-refractivity contribution in [3.05, 3.63) is 64.5 Å². The van der Waals surface area contributed by atoms with E-state index in [1.807, 2.05) is 25.1 Å². The maximum absolute atomic E-state index is 13.5. The van der Waals surface area contributed by atoms with Crippen molar-refractivity contribution in [1.29, 1.82) is 0 Å². The van der Waals surface area contributed by atoms with Crippen LogP contribution in [0.5, 0.6) is 5.88 Å². The molecule has 9 nitrogen and oxygen atoms in total. The van der Waals surface area contributed by atoms with E-state index in [-0.39, 0.29) is 18.1 Å². The molecule has 32 heavy (non-hydrogen) atoms. The molecule has 1 aliphatic rings. The summed E-state index contributed by atoms with van der Waals surface area (Å²) in [5.41, 5.74) is 1.47. The van der Waals surface area contributed by atoms with Gasteiger partial charge in [0.05, 0.1) is 47.3 Å². The van der Waals surface area contributed by atoms with Crippen LogP contribution < -0.4 is 4.74 Å². The molecule has 0 N–H and O–H groups in total. The summed E-state index contributed by atoms with van der Waals surface area (Å²) < 4.78 is 11.4. The highest BCUT2D eigenvalue weighted by molar-refractivity contribution is 9.10. The average Bonchev–Trinajstić information content (AvgIpc) is 3.35. The van der Waals surface area contributed by atoms with Gasteiger partial charge in [-0.25, -0.2) is 9.78 Å². The molecule has 2 unspecified atom stereocenters. The number of halogens is 1. The Balaban J connectivity index is 1.54. The fourth-order valence-electron chi connectivity index (χ4n) is 3.70. The molecule has 1 aromatic carbocycles. The number of methoxy groups -OCH3 is 1. The molecule has 0 radical (unpaired) electrons. The van der Waals surface area contributed by atoms with Crippen LogP contribution in [0.1, 0.15) is 40.5 Å². The maximum atomic E-state index is 13.5. The van der Waals surface area contributed by atoms with E-state index in [1.54, 1.807) is 29.4 Å². The number of pyridine rings is 1. The Morgan fingerprint density at radius 1 is 1.12 bits per heavy atom. The van der Waals surface area contributed by atoms with E-state index < -0.39 is 5.97 Å². The van der Waals surface area contributed by atoms with Gasteiger partial charge in [0, 0.05) is 18.3 Å². The van der Waals surface area contributed by atoms with Gasteiger partial charge in [-0.2, -0.15) is 15.0 Å². The molecule has 166 valence electrons. The van der Waals surface area contributed by atoms with Crippen molar-refractivity contribution in [3.8, 4) is 11.6 Å². The van der Waals surface area contributed by atoms with Crippen molar-refractivity contribution in [3.63, 3.8) is 0 Å². The van der Waals surface area contributed by atoms with Gasteiger partial charge in [0.15, 0.2) is 0 Å². The molecule has 0 bridgehead atoms. The maximum Gasteiger partial charge on any atom is 0.339 e. The zero-order valence-electron chi connectivity index (χ0n) is 17.6. The van der Waals surface area contributed by atoms with Crippen LogP contribution in [0, 0.1) is 0 Å². The minimum Gasteiger partial charge on any atom is -0.472 e. The van der Waals surface area contributed by atoms with Gasteiger partial charge < -0.3 is 14.4 Å². The summed E-state index contributed by atoms with van der Waals surface area (Å²) in [6.45, 7) is 2.42. The number of carbonyl (C=O) groups is 2. The Morgan fingerprint density at radius 2 is 1.88 bits per heavy atom. The molecule has 0 spiro atoms. The lowest BCUT2D eigenvalue weighted by molar-refractivity contribution is 0.0372. The van der Waals surface area contributed by atoms with Crippen LogP contribution in [-0.2, 0) is 4.74 Å². The van der Waals surface area contributed by atoms with E-state index >= 15 is 0 Å². The van der Waals surface area contributed by atoms with Gasteiger partial charge in [-0.1, -0.05) is 12.1 Å². The third-order valence-corrected chi connectivity index (χ3v) is 6.02. The van der Waals surface area contributed by atoms with E-state index in [0.29, 0.717) is 33.7 Å². The van der Waals surface area contributed by atoms with Gasteiger partial charge in [-0.15, -0.1) is 0 Å². The van der Waals surface area contributed by atoms with Gasteiger partial charge in [0.25, 0.3) is 5.91 Å².